The molecule has 61 heavy (non-hydrogen) atoms. The highest BCUT2D eigenvalue weighted by Crippen LogP contribution is 2.32. The highest BCUT2D eigenvalue weighted by molar-refractivity contribution is 14.1. The van der Waals surface area contributed by atoms with Crippen molar-refractivity contribution in [2.75, 3.05) is 57.7 Å². The minimum absolute atomic E-state index is 0.0173. The third-order valence-corrected chi connectivity index (χ3v) is 13.9. The molecule has 3 aromatic carbocycles. The van der Waals surface area contributed by atoms with Crippen LogP contribution in [0.5, 0.6) is 0 Å². The Labute approximate surface area is 387 Å². The van der Waals surface area contributed by atoms with Gasteiger partial charge in [0.25, 0.3) is 11.8 Å². The van der Waals surface area contributed by atoms with Crippen molar-refractivity contribution in [3.8, 4) is 0 Å². The number of aromatic nitrogens is 2. The second kappa shape index (κ2) is 19.6. The van der Waals surface area contributed by atoms with Gasteiger partial charge in [-0.15, -0.1) is 0 Å². The number of pyridine rings is 2. The maximum Gasteiger partial charge on any atom is 0.416 e. The molecular formula is C46H49ClF3I2N7O2. The van der Waals surface area contributed by atoms with E-state index in [1.165, 1.54) is 50.9 Å². The molecule has 5 aromatic rings. The average Bonchev–Trinajstić information content (AvgIpc) is 4.10. The third kappa shape index (κ3) is 10.7. The molecule has 2 atom stereocenters. The lowest BCUT2D eigenvalue weighted by Crippen LogP contribution is -2.42. The van der Waals surface area contributed by atoms with Crippen LogP contribution in [0.15, 0.2) is 72.8 Å². The molecule has 2 amide bonds. The van der Waals surface area contributed by atoms with Gasteiger partial charge in [-0.2, -0.15) is 13.2 Å². The van der Waals surface area contributed by atoms with Crippen LogP contribution in [0.4, 0.5) is 19.0 Å². The monoisotopic (exact) mass is 1080 g/mol. The predicted octanol–water partition coefficient (Wildman–Crippen LogP) is 10.4. The molecule has 6 heterocycles. The van der Waals surface area contributed by atoms with Gasteiger partial charge < -0.3 is 24.9 Å². The standard InChI is InChI=1S/C27H28F3IN4O.C19H21ClIN3O/c28-27(29,30)19-7-5-18(6-8-19)16-32-25-15-23(22-14-20(31)9-10-24(22)33-25)26(36)35-13-3-4-21(35)17-34-11-1-2-12-34;20-18-11-16(15-10-13(21)5-6-17(15)22-18)19(25)24-9-3-4-14(24)12-23-7-1-2-8-23/h5-10,14-15,21H,1-4,11-13,16-17H2,(H,32,33);5-6,10-11,14H,1-4,7-9,12H2/t21-;14-/m00/s1. The number of amides is 2. The number of rotatable bonds is 9. The number of halogens is 6. The maximum absolute atomic E-state index is 13.9. The number of anilines is 1. The normalized spacial score (nSPS) is 19.8. The summed E-state index contributed by atoms with van der Waals surface area (Å²) in [6.45, 7) is 8.35. The van der Waals surface area contributed by atoms with Crippen LogP contribution in [0, 0.1) is 7.14 Å². The number of benzene rings is 3. The molecule has 15 heteroatoms. The predicted molar refractivity (Wildman–Crippen MR) is 252 cm³/mol. The van der Waals surface area contributed by atoms with Crippen molar-refractivity contribution in [1.29, 1.82) is 0 Å². The van der Waals surface area contributed by atoms with E-state index in [1.807, 2.05) is 41.3 Å². The fourth-order valence-corrected chi connectivity index (χ4v) is 10.4. The Bertz CT molecular complexity index is 2370. The SMILES string of the molecule is O=C(c1cc(Cl)nc2ccc(I)cc12)N1CCC[C@H]1CN1CCCC1.O=C(c1cc(NCc2ccc(C(F)(F)F)cc2)nc2ccc(I)cc12)N1CCC[C@H]1CN1CCCC1. The van der Waals surface area contributed by atoms with Crippen LogP contribution in [-0.2, 0) is 12.7 Å². The van der Waals surface area contributed by atoms with Crippen molar-refractivity contribution in [3.63, 3.8) is 0 Å². The molecule has 9 nitrogen and oxygen atoms in total. The minimum atomic E-state index is -4.36. The number of alkyl halides is 3. The lowest BCUT2D eigenvalue weighted by Gasteiger charge is -2.29. The molecule has 9 rings (SSSR count). The summed E-state index contributed by atoms with van der Waals surface area (Å²) >= 11 is 10.7. The Morgan fingerprint density at radius 2 is 1.15 bits per heavy atom. The fraction of sp³-hybridized carbons (Fsp3) is 0.435. The summed E-state index contributed by atoms with van der Waals surface area (Å²) in [5.41, 5.74) is 2.82. The Morgan fingerprint density at radius 3 is 1.66 bits per heavy atom. The first-order valence-electron chi connectivity index (χ1n) is 21.2. The zero-order valence-corrected chi connectivity index (χ0v) is 38.9. The lowest BCUT2D eigenvalue weighted by molar-refractivity contribution is -0.137. The van der Waals surface area contributed by atoms with Gasteiger partial charge in [-0.1, -0.05) is 23.7 Å². The van der Waals surface area contributed by atoms with E-state index in [0.717, 1.165) is 101 Å². The van der Waals surface area contributed by atoms with Crippen molar-refractivity contribution < 1.29 is 22.8 Å². The fourth-order valence-electron chi connectivity index (χ4n) is 9.23. The van der Waals surface area contributed by atoms with Gasteiger partial charge >= 0.3 is 6.18 Å². The van der Waals surface area contributed by atoms with Crippen LogP contribution in [0.2, 0.25) is 5.15 Å². The summed E-state index contributed by atoms with van der Waals surface area (Å²) in [7, 11) is 0. The maximum atomic E-state index is 13.9. The third-order valence-electron chi connectivity index (χ3n) is 12.3. The molecule has 0 saturated carbocycles. The number of carbonyl (C=O) groups is 2. The molecule has 0 bridgehead atoms. The largest absolute Gasteiger partial charge is 0.416 e. The number of nitrogens with one attached hydrogen (secondary N) is 1. The van der Waals surface area contributed by atoms with Gasteiger partial charge in [-0.25, -0.2) is 9.97 Å². The molecule has 0 spiro atoms. The lowest BCUT2D eigenvalue weighted by atomic mass is 10.1. The van der Waals surface area contributed by atoms with Gasteiger partial charge in [-0.05, 0) is 189 Å². The molecule has 322 valence electrons. The van der Waals surface area contributed by atoms with Crippen molar-refractivity contribution in [2.24, 2.45) is 0 Å². The van der Waals surface area contributed by atoms with E-state index in [-0.39, 0.29) is 17.9 Å². The smallest absolute Gasteiger partial charge is 0.366 e. The van der Waals surface area contributed by atoms with Gasteiger partial charge in [0.2, 0.25) is 0 Å². The molecule has 0 unspecified atom stereocenters. The first-order chi connectivity index (χ1) is 29.4. The summed E-state index contributed by atoms with van der Waals surface area (Å²) in [4.78, 5) is 45.3. The van der Waals surface area contributed by atoms with Crippen LogP contribution in [-0.4, -0.2) is 106 Å². The topological polar surface area (TPSA) is 84.9 Å². The summed E-state index contributed by atoms with van der Waals surface area (Å²) < 4.78 is 40.7. The van der Waals surface area contributed by atoms with E-state index in [9.17, 15) is 22.8 Å². The summed E-state index contributed by atoms with van der Waals surface area (Å²) in [6, 6.07) is 20.9. The van der Waals surface area contributed by atoms with Crippen molar-refractivity contribution >= 4 is 96.2 Å². The summed E-state index contributed by atoms with van der Waals surface area (Å²) in [5.74, 6) is 0.643. The van der Waals surface area contributed by atoms with Crippen molar-refractivity contribution in [3.05, 3.63) is 107 Å². The van der Waals surface area contributed by atoms with Gasteiger partial charge in [0.15, 0.2) is 0 Å². The van der Waals surface area contributed by atoms with E-state index >= 15 is 0 Å². The van der Waals surface area contributed by atoms with Gasteiger partial charge in [0, 0.05) is 62.7 Å². The molecule has 4 aliphatic heterocycles. The minimum Gasteiger partial charge on any atom is -0.366 e. The Hall–Kier alpha value is -3.32. The molecule has 4 aliphatic rings. The highest BCUT2D eigenvalue weighted by atomic mass is 127. The Kier molecular flexibility index (Phi) is 14.2. The van der Waals surface area contributed by atoms with Gasteiger partial charge in [0.05, 0.1) is 27.7 Å². The summed E-state index contributed by atoms with van der Waals surface area (Å²) in [5, 5.41) is 5.31. The summed E-state index contributed by atoms with van der Waals surface area (Å²) in [6.07, 6.45) is 4.85. The first-order valence-corrected chi connectivity index (χ1v) is 23.8. The van der Waals surface area contributed by atoms with Crippen LogP contribution in [0.25, 0.3) is 21.8 Å². The van der Waals surface area contributed by atoms with E-state index in [4.69, 9.17) is 11.6 Å². The van der Waals surface area contributed by atoms with E-state index in [1.54, 1.807) is 12.1 Å². The number of likely N-dealkylation sites (tertiary alicyclic amines) is 4. The molecule has 1 N–H and O–H groups in total. The number of hydrogen-bond donors (Lipinski definition) is 1. The first kappa shape index (κ1) is 44.3. The molecule has 2 aromatic heterocycles. The van der Waals surface area contributed by atoms with Crippen LogP contribution >= 0.6 is 56.8 Å². The highest BCUT2D eigenvalue weighted by Gasteiger charge is 2.34. The zero-order chi connectivity index (χ0) is 42.7. The number of fused-ring (bicyclic) bond motifs is 2. The quantitative estimate of drug-likeness (QED) is 0.116. The molecule has 0 radical (unpaired) electrons. The van der Waals surface area contributed by atoms with Gasteiger partial charge in [0.1, 0.15) is 11.0 Å². The number of nitrogens with zero attached hydrogens (tertiary/aromatic N) is 6. The Balaban J connectivity index is 0.000000180. The van der Waals surface area contributed by atoms with Crippen molar-refractivity contribution in [1.82, 2.24) is 29.6 Å². The number of carbonyl (C=O) groups excluding carboxylic acids is 2. The number of hydrogen-bond acceptors (Lipinski definition) is 7. The molecular weight excluding hydrogens is 1030 g/mol. The van der Waals surface area contributed by atoms with Crippen LogP contribution in [0.1, 0.15) is 83.2 Å². The average molecular weight is 1080 g/mol. The molecule has 4 fully saturated rings. The second-order valence-corrected chi connectivity index (χ2v) is 19.4. The Morgan fingerprint density at radius 1 is 0.656 bits per heavy atom. The van der Waals surface area contributed by atoms with Crippen LogP contribution < -0.4 is 5.32 Å². The second-order valence-electron chi connectivity index (χ2n) is 16.5. The van der Waals surface area contributed by atoms with Crippen LogP contribution in [0.3, 0.4) is 0 Å². The van der Waals surface area contributed by atoms with E-state index in [2.05, 4.69) is 75.2 Å². The van der Waals surface area contributed by atoms with E-state index < -0.39 is 11.7 Å². The molecule has 0 aliphatic carbocycles. The van der Waals surface area contributed by atoms with Gasteiger partial charge in [-0.3, -0.25) is 9.59 Å². The zero-order valence-electron chi connectivity index (χ0n) is 33.9. The van der Waals surface area contributed by atoms with Crippen molar-refractivity contribution in [2.45, 2.75) is 76.2 Å². The van der Waals surface area contributed by atoms with E-state index in [0.29, 0.717) is 45.8 Å². The molecule has 4 saturated heterocycles.